The molecule has 10 heteroatoms. The zero-order chi connectivity index (χ0) is 26.2. The largest absolute Gasteiger partial charge is 0.477 e. The van der Waals surface area contributed by atoms with Crippen LogP contribution in [0.5, 0.6) is 0 Å². The van der Waals surface area contributed by atoms with Gasteiger partial charge in [0.05, 0.1) is 24.5 Å². The highest BCUT2D eigenvalue weighted by Gasteiger charge is 2.30. The van der Waals surface area contributed by atoms with E-state index in [1.54, 1.807) is 17.8 Å². The molecule has 38 heavy (non-hydrogen) atoms. The molecule has 10 nitrogen and oxygen atoms in total. The van der Waals surface area contributed by atoms with Crippen LogP contribution in [0.1, 0.15) is 28.4 Å². The number of benzene rings is 1. The van der Waals surface area contributed by atoms with Gasteiger partial charge in [-0.2, -0.15) is 9.61 Å². The minimum Gasteiger partial charge on any atom is -0.477 e. The highest BCUT2D eigenvalue weighted by molar-refractivity contribution is 5.95. The third-order valence-electron chi connectivity index (χ3n) is 7.14. The second-order valence-corrected chi connectivity index (χ2v) is 9.47. The molecule has 3 aromatic rings. The minimum atomic E-state index is -1.07. The number of hydrogen-bond donors (Lipinski definition) is 1. The molecule has 0 radical (unpaired) electrons. The van der Waals surface area contributed by atoms with Gasteiger partial charge in [0.25, 0.3) is 0 Å². The summed E-state index contributed by atoms with van der Waals surface area (Å²) in [4.78, 5) is 23.6. The number of carboxylic acid groups (broad SMARTS) is 1. The molecule has 2 aromatic heterocycles. The zero-order valence-corrected chi connectivity index (χ0v) is 21.2. The molecule has 1 aromatic carbocycles. The molecule has 3 aliphatic heterocycles. The molecular formula is C28H28N6O4. The van der Waals surface area contributed by atoms with Crippen molar-refractivity contribution < 1.29 is 19.4 Å². The van der Waals surface area contributed by atoms with Crippen LogP contribution in [-0.4, -0.2) is 68.7 Å². The molecule has 1 saturated heterocycles. The highest BCUT2D eigenvalue weighted by Crippen LogP contribution is 2.37. The lowest BCUT2D eigenvalue weighted by molar-refractivity contribution is -0.0600. The summed E-state index contributed by atoms with van der Waals surface area (Å²) in [6.45, 7) is 1.81. The van der Waals surface area contributed by atoms with E-state index in [-0.39, 0.29) is 23.4 Å². The van der Waals surface area contributed by atoms with Crippen molar-refractivity contribution in [2.45, 2.75) is 25.1 Å². The first kappa shape index (κ1) is 24.1. The normalized spacial score (nSPS) is 17.7. The fourth-order valence-electron chi connectivity index (χ4n) is 5.22. The first-order valence-corrected chi connectivity index (χ1v) is 12.5. The van der Waals surface area contributed by atoms with Gasteiger partial charge in [-0.15, -0.1) is 0 Å². The number of rotatable bonds is 7. The Bertz CT molecular complexity index is 1560. The number of pyridine rings is 1. The Kier molecular flexibility index (Phi) is 6.26. The van der Waals surface area contributed by atoms with Gasteiger partial charge in [0, 0.05) is 56.9 Å². The summed E-state index contributed by atoms with van der Waals surface area (Å²) in [5.41, 5.74) is 3.84. The minimum absolute atomic E-state index is 0.0465. The fourth-order valence-corrected chi connectivity index (χ4v) is 5.22. The summed E-state index contributed by atoms with van der Waals surface area (Å²) >= 11 is 0. The maximum Gasteiger partial charge on any atom is 0.341 e. The highest BCUT2D eigenvalue weighted by atomic mass is 16.5. The van der Waals surface area contributed by atoms with E-state index >= 15 is 0 Å². The molecule has 1 N–H and O–H groups in total. The van der Waals surface area contributed by atoms with E-state index in [9.17, 15) is 9.90 Å². The standard InChI is InChI=1S/C28H28N6O4/c1-32(16-18-7-4-3-5-8-18)25-13-22(31-27-21(28(35)36)15-30-34(25)27)20-14-29-26-19(20)9-6-11-33(26)23-10-12-38-17-24(23)37-2/h3-9,11,13-15,23-24H,10,12,16-17H2,1-2H3,(H,35,36)/t23-,24-/m1/s1. The van der Waals surface area contributed by atoms with Crippen molar-refractivity contribution >= 4 is 17.4 Å². The smallest absolute Gasteiger partial charge is 0.341 e. The van der Waals surface area contributed by atoms with Crippen molar-refractivity contribution in [3.05, 3.63) is 78.2 Å². The van der Waals surface area contributed by atoms with Gasteiger partial charge in [-0.1, -0.05) is 30.3 Å². The Labute approximate surface area is 219 Å². The van der Waals surface area contributed by atoms with Crippen molar-refractivity contribution in [3.63, 3.8) is 0 Å². The molecule has 0 amide bonds. The molecule has 0 aliphatic carbocycles. The van der Waals surface area contributed by atoms with E-state index < -0.39 is 5.97 Å². The van der Waals surface area contributed by atoms with Crippen LogP contribution in [0.2, 0.25) is 0 Å². The average molecular weight is 513 g/mol. The topological polar surface area (TPSA) is 107 Å². The predicted octanol–water partition coefficient (Wildman–Crippen LogP) is 4.01. The van der Waals surface area contributed by atoms with Gasteiger partial charge < -0.3 is 24.0 Å². The zero-order valence-electron chi connectivity index (χ0n) is 21.2. The molecule has 1 fully saturated rings. The first-order chi connectivity index (χ1) is 18.5. The maximum absolute atomic E-state index is 12.0. The first-order valence-electron chi connectivity index (χ1n) is 12.5. The Morgan fingerprint density at radius 1 is 1.18 bits per heavy atom. The summed E-state index contributed by atoms with van der Waals surface area (Å²) < 4.78 is 15.1. The van der Waals surface area contributed by atoms with E-state index in [0.717, 1.165) is 34.8 Å². The molecule has 0 bridgehead atoms. The molecule has 3 aliphatic rings. The number of ether oxygens (including phenoxy) is 2. The van der Waals surface area contributed by atoms with Crippen LogP contribution in [0.15, 0.2) is 67.1 Å². The number of methoxy groups -OCH3 is 1. The van der Waals surface area contributed by atoms with Gasteiger partial charge in [-0.25, -0.2) is 14.8 Å². The summed E-state index contributed by atoms with van der Waals surface area (Å²) in [5.74, 6) is 0.474. The van der Waals surface area contributed by atoms with Gasteiger partial charge in [0.15, 0.2) is 5.65 Å². The van der Waals surface area contributed by atoms with Gasteiger partial charge in [0.2, 0.25) is 0 Å². The number of aromatic carboxylic acids is 1. The summed E-state index contributed by atoms with van der Waals surface area (Å²) in [6.07, 6.45) is 5.92. The van der Waals surface area contributed by atoms with Crippen LogP contribution in [0.3, 0.4) is 0 Å². The lowest BCUT2D eigenvalue weighted by Crippen LogP contribution is -2.36. The third kappa shape index (κ3) is 4.17. The van der Waals surface area contributed by atoms with Crippen LogP contribution < -0.4 is 4.90 Å². The Hall–Kier alpha value is -4.28. The number of anilines is 1. The Morgan fingerprint density at radius 2 is 2.03 bits per heavy atom. The monoisotopic (exact) mass is 512 g/mol. The molecule has 0 unspecified atom stereocenters. The van der Waals surface area contributed by atoms with E-state index in [4.69, 9.17) is 19.4 Å². The van der Waals surface area contributed by atoms with Crippen LogP contribution in [0.4, 0.5) is 5.82 Å². The Balaban J connectivity index is 1.45. The number of hydrogen-bond acceptors (Lipinski definition) is 7. The molecule has 0 spiro atoms. The van der Waals surface area contributed by atoms with Crippen molar-refractivity contribution in [1.82, 2.24) is 24.1 Å². The van der Waals surface area contributed by atoms with Crippen molar-refractivity contribution in [2.24, 2.45) is 0 Å². The van der Waals surface area contributed by atoms with Crippen LogP contribution >= 0.6 is 0 Å². The Morgan fingerprint density at radius 3 is 2.82 bits per heavy atom. The van der Waals surface area contributed by atoms with Gasteiger partial charge in [-0.05, 0) is 24.1 Å². The van der Waals surface area contributed by atoms with Crippen molar-refractivity contribution in [1.29, 1.82) is 0 Å². The average Bonchev–Trinajstić information content (AvgIpc) is 3.57. The lowest BCUT2D eigenvalue weighted by atomic mass is 10.0. The van der Waals surface area contributed by atoms with Gasteiger partial charge >= 0.3 is 5.97 Å². The quantitative estimate of drug-likeness (QED) is 0.349. The maximum atomic E-state index is 12.0. The summed E-state index contributed by atoms with van der Waals surface area (Å²) in [7, 11) is 3.66. The number of fused-ring (bicyclic) bond motifs is 2. The van der Waals surface area contributed by atoms with E-state index in [1.165, 1.54) is 6.20 Å². The molecular weight excluding hydrogens is 484 g/mol. The molecule has 5 heterocycles. The number of nitrogens with zero attached hydrogens (tertiary/aromatic N) is 6. The molecule has 194 valence electrons. The predicted molar refractivity (Wildman–Crippen MR) is 142 cm³/mol. The molecule has 2 atom stereocenters. The SMILES string of the molecule is CO[C@@H]1COCC[C@H]1n1cccc2c(-c3cc(N(C)Cc4ccccc4)n4ncc(C(=O)O)c4n3)cnc1-2. The van der Waals surface area contributed by atoms with E-state index in [1.807, 2.05) is 54.5 Å². The number of carbonyl (C=O) groups is 1. The van der Waals surface area contributed by atoms with E-state index in [2.05, 4.69) is 21.8 Å². The number of aromatic nitrogens is 5. The van der Waals surface area contributed by atoms with Crippen LogP contribution in [0, 0.1) is 0 Å². The van der Waals surface area contributed by atoms with Crippen molar-refractivity contribution in [3.8, 4) is 22.6 Å². The van der Waals surface area contributed by atoms with Gasteiger partial charge in [0.1, 0.15) is 23.3 Å². The second-order valence-electron chi connectivity index (χ2n) is 9.47. The summed E-state index contributed by atoms with van der Waals surface area (Å²) in [5, 5.41) is 14.2. The van der Waals surface area contributed by atoms with Gasteiger partial charge in [-0.3, -0.25) is 0 Å². The van der Waals surface area contributed by atoms with E-state index in [0.29, 0.717) is 25.5 Å². The fraction of sp³-hybridized carbons (Fsp3) is 0.286. The van der Waals surface area contributed by atoms with Crippen molar-refractivity contribution in [2.75, 3.05) is 32.3 Å². The second kappa shape index (κ2) is 9.88. The van der Waals surface area contributed by atoms with Crippen LogP contribution in [0.25, 0.3) is 28.3 Å². The number of carboxylic acids is 1. The van der Waals surface area contributed by atoms with Crippen LogP contribution in [-0.2, 0) is 16.0 Å². The summed E-state index contributed by atoms with van der Waals surface area (Å²) in [6, 6.07) is 16.1. The molecule has 0 saturated carbocycles. The molecule has 6 rings (SSSR count). The third-order valence-corrected chi connectivity index (χ3v) is 7.14. The lowest BCUT2D eigenvalue weighted by Gasteiger charge is -2.33.